The Hall–Kier alpha value is -3.14. The van der Waals surface area contributed by atoms with Gasteiger partial charge in [-0.1, -0.05) is 23.2 Å². The van der Waals surface area contributed by atoms with Gasteiger partial charge in [-0.05, 0) is 49.3 Å². The van der Waals surface area contributed by atoms with Crippen molar-refractivity contribution >= 4 is 40.1 Å². The number of nitrogens with zero attached hydrogens (tertiary/aromatic N) is 3. The quantitative estimate of drug-likeness (QED) is 0.290. The Bertz CT molecular complexity index is 1350. The van der Waals surface area contributed by atoms with Crippen LogP contribution in [0.1, 0.15) is 25.8 Å². The number of aliphatic carboxylic acids is 1. The van der Waals surface area contributed by atoms with E-state index in [1.165, 1.54) is 10.6 Å². The van der Waals surface area contributed by atoms with Gasteiger partial charge in [0, 0.05) is 35.8 Å². The highest BCUT2D eigenvalue weighted by Gasteiger charge is 2.18. The first kappa shape index (κ1) is 24.0. The SMILES string of the molecule is CC(C)Oc1ccc(-c2nc(-n3cc(Cl)c4cc(CNCCC(=O)O)c(F)cc43)no2)cc1Cl. The molecule has 11 heteroatoms. The van der Waals surface area contributed by atoms with Crippen LogP contribution in [0.3, 0.4) is 0 Å². The van der Waals surface area contributed by atoms with Crippen LogP contribution in [0.25, 0.3) is 28.3 Å². The molecule has 2 aromatic heterocycles. The van der Waals surface area contributed by atoms with E-state index in [-0.39, 0.29) is 37.5 Å². The van der Waals surface area contributed by atoms with Crippen molar-refractivity contribution in [1.29, 1.82) is 0 Å². The predicted molar refractivity (Wildman–Crippen MR) is 126 cm³/mol. The minimum absolute atomic E-state index is 0.0217. The van der Waals surface area contributed by atoms with Gasteiger partial charge in [0.05, 0.1) is 28.1 Å². The molecule has 2 heterocycles. The minimum Gasteiger partial charge on any atom is -0.489 e. The summed E-state index contributed by atoms with van der Waals surface area (Å²) in [6.45, 7) is 4.20. The molecule has 0 atom stereocenters. The molecule has 34 heavy (non-hydrogen) atoms. The Kier molecular flexibility index (Phi) is 7.06. The van der Waals surface area contributed by atoms with E-state index in [9.17, 15) is 9.18 Å². The molecule has 0 fully saturated rings. The maximum Gasteiger partial charge on any atom is 0.304 e. The van der Waals surface area contributed by atoms with E-state index in [0.29, 0.717) is 37.8 Å². The van der Waals surface area contributed by atoms with Crippen LogP contribution in [0.4, 0.5) is 4.39 Å². The van der Waals surface area contributed by atoms with Crippen LogP contribution >= 0.6 is 23.2 Å². The fourth-order valence-corrected chi connectivity index (χ4v) is 3.86. The van der Waals surface area contributed by atoms with Crippen molar-refractivity contribution in [3.05, 3.63) is 58.0 Å². The molecule has 8 nitrogen and oxygen atoms in total. The van der Waals surface area contributed by atoms with Gasteiger partial charge in [0.15, 0.2) is 0 Å². The standard InChI is InChI=1S/C23H21Cl2FN4O4/c1-12(2)33-20-4-3-13(8-16(20)24)22-28-23(29-34-22)30-11-17(25)15-7-14(18(26)9-19(15)30)10-27-6-5-21(31)32/h3-4,7-9,11-12,27H,5-6,10H2,1-2H3,(H,31,32). The Labute approximate surface area is 204 Å². The molecule has 0 aliphatic heterocycles. The molecule has 178 valence electrons. The van der Waals surface area contributed by atoms with E-state index in [1.807, 2.05) is 13.8 Å². The van der Waals surface area contributed by atoms with Crippen molar-refractivity contribution in [2.75, 3.05) is 6.54 Å². The first-order valence-corrected chi connectivity index (χ1v) is 11.2. The summed E-state index contributed by atoms with van der Waals surface area (Å²) in [4.78, 5) is 15.0. The third-order valence-electron chi connectivity index (χ3n) is 4.93. The van der Waals surface area contributed by atoms with Gasteiger partial charge < -0.3 is 19.7 Å². The molecule has 0 aliphatic carbocycles. The largest absolute Gasteiger partial charge is 0.489 e. The van der Waals surface area contributed by atoms with Gasteiger partial charge in [-0.15, -0.1) is 0 Å². The summed E-state index contributed by atoms with van der Waals surface area (Å²) < 4.78 is 27.3. The molecular weight excluding hydrogens is 486 g/mol. The zero-order chi connectivity index (χ0) is 24.4. The number of nitrogens with one attached hydrogen (secondary N) is 1. The third-order valence-corrected chi connectivity index (χ3v) is 5.52. The van der Waals surface area contributed by atoms with Crippen molar-refractivity contribution in [1.82, 2.24) is 20.0 Å². The van der Waals surface area contributed by atoms with Crippen molar-refractivity contribution in [2.24, 2.45) is 0 Å². The minimum atomic E-state index is -0.926. The zero-order valence-electron chi connectivity index (χ0n) is 18.3. The summed E-state index contributed by atoms with van der Waals surface area (Å²) >= 11 is 12.7. The van der Waals surface area contributed by atoms with E-state index >= 15 is 0 Å². The van der Waals surface area contributed by atoms with Gasteiger partial charge in [-0.25, -0.2) is 4.39 Å². The number of hydrogen-bond acceptors (Lipinski definition) is 6. The van der Waals surface area contributed by atoms with E-state index in [2.05, 4.69) is 15.5 Å². The first-order chi connectivity index (χ1) is 16.2. The van der Waals surface area contributed by atoms with Crippen molar-refractivity contribution in [2.45, 2.75) is 32.9 Å². The molecular formula is C23H21Cl2FN4O4. The second-order valence-electron chi connectivity index (χ2n) is 7.84. The van der Waals surface area contributed by atoms with Crippen LogP contribution in [0, 0.1) is 5.82 Å². The fourth-order valence-electron chi connectivity index (χ4n) is 3.38. The lowest BCUT2D eigenvalue weighted by Crippen LogP contribution is -2.18. The Morgan fingerprint density at radius 3 is 2.76 bits per heavy atom. The number of rotatable bonds is 9. The maximum atomic E-state index is 14.7. The number of halogens is 3. The van der Waals surface area contributed by atoms with Crippen LogP contribution in [-0.2, 0) is 11.3 Å². The Morgan fingerprint density at radius 1 is 1.26 bits per heavy atom. The van der Waals surface area contributed by atoms with Crippen LogP contribution in [0.15, 0.2) is 41.1 Å². The molecule has 2 N–H and O–H groups in total. The maximum absolute atomic E-state index is 14.7. The molecule has 0 radical (unpaired) electrons. The summed E-state index contributed by atoms with van der Waals surface area (Å²) in [5.41, 5.74) is 1.43. The van der Waals surface area contributed by atoms with Gasteiger partial charge in [0.25, 0.3) is 11.8 Å². The molecule has 0 spiro atoms. The number of fused-ring (bicyclic) bond motifs is 1. The highest BCUT2D eigenvalue weighted by atomic mass is 35.5. The number of aromatic nitrogens is 3. The zero-order valence-corrected chi connectivity index (χ0v) is 19.8. The molecule has 0 bridgehead atoms. The second-order valence-corrected chi connectivity index (χ2v) is 8.65. The van der Waals surface area contributed by atoms with Gasteiger partial charge in [-0.3, -0.25) is 9.36 Å². The third kappa shape index (κ3) is 5.16. The number of ether oxygens (including phenoxy) is 1. The summed E-state index contributed by atoms with van der Waals surface area (Å²) in [5.74, 6) is -0.442. The summed E-state index contributed by atoms with van der Waals surface area (Å²) in [5, 5.41) is 17.0. The average molecular weight is 507 g/mol. The van der Waals surface area contributed by atoms with E-state index in [4.69, 9.17) is 37.6 Å². The van der Waals surface area contributed by atoms with Crippen LogP contribution in [0.2, 0.25) is 10.0 Å². The summed E-state index contributed by atoms with van der Waals surface area (Å²) in [7, 11) is 0. The molecule has 4 rings (SSSR count). The molecule has 0 aliphatic rings. The fraction of sp³-hybridized carbons (Fsp3) is 0.261. The highest BCUT2D eigenvalue weighted by molar-refractivity contribution is 6.35. The van der Waals surface area contributed by atoms with Gasteiger partial charge in [0.1, 0.15) is 11.6 Å². The van der Waals surface area contributed by atoms with Gasteiger partial charge >= 0.3 is 5.97 Å². The van der Waals surface area contributed by atoms with Crippen LogP contribution in [0.5, 0.6) is 5.75 Å². The smallest absolute Gasteiger partial charge is 0.304 e. The van der Waals surface area contributed by atoms with E-state index in [1.54, 1.807) is 30.5 Å². The molecule has 0 unspecified atom stereocenters. The van der Waals surface area contributed by atoms with Crippen molar-refractivity contribution in [3.8, 4) is 23.2 Å². The summed E-state index contributed by atoms with van der Waals surface area (Å²) in [6.07, 6.45) is 1.50. The molecule has 4 aromatic rings. The van der Waals surface area contributed by atoms with Crippen LogP contribution < -0.4 is 10.1 Å². The second kappa shape index (κ2) is 10.0. The molecule has 0 amide bonds. The molecule has 0 saturated heterocycles. The predicted octanol–water partition coefficient (Wildman–Crippen LogP) is 5.48. The lowest BCUT2D eigenvalue weighted by atomic mass is 10.1. The summed E-state index contributed by atoms with van der Waals surface area (Å²) in [6, 6.07) is 8.10. The number of benzene rings is 2. The lowest BCUT2D eigenvalue weighted by molar-refractivity contribution is -0.136. The monoisotopic (exact) mass is 506 g/mol. The van der Waals surface area contributed by atoms with E-state index in [0.717, 1.165) is 0 Å². The molecule has 0 saturated carbocycles. The first-order valence-electron chi connectivity index (χ1n) is 10.4. The topological polar surface area (TPSA) is 102 Å². The Morgan fingerprint density at radius 2 is 2.06 bits per heavy atom. The normalized spacial score (nSPS) is 11.5. The lowest BCUT2D eigenvalue weighted by Gasteiger charge is -2.11. The van der Waals surface area contributed by atoms with Crippen molar-refractivity contribution in [3.63, 3.8) is 0 Å². The van der Waals surface area contributed by atoms with Crippen molar-refractivity contribution < 1.29 is 23.6 Å². The highest BCUT2D eigenvalue weighted by Crippen LogP contribution is 2.33. The average Bonchev–Trinajstić information content (AvgIpc) is 3.37. The molecule has 2 aromatic carbocycles. The number of carboxylic acids is 1. The number of carboxylic acid groups (broad SMARTS) is 1. The van der Waals surface area contributed by atoms with Gasteiger partial charge in [0.2, 0.25) is 0 Å². The number of carbonyl (C=O) groups is 1. The van der Waals surface area contributed by atoms with E-state index < -0.39 is 11.8 Å². The Balaban J connectivity index is 1.61. The van der Waals surface area contributed by atoms with Gasteiger partial charge in [-0.2, -0.15) is 4.98 Å². The van der Waals surface area contributed by atoms with Crippen LogP contribution in [-0.4, -0.2) is 38.4 Å². The number of hydrogen-bond donors (Lipinski definition) is 2.